The molecule has 162 valence electrons. The first-order chi connectivity index (χ1) is 14.7. The summed E-state index contributed by atoms with van der Waals surface area (Å²) in [6.07, 6.45) is 0. The van der Waals surface area contributed by atoms with E-state index in [9.17, 15) is 13.2 Å². The van der Waals surface area contributed by atoms with Gasteiger partial charge in [-0.2, -0.15) is 0 Å². The average Bonchev–Trinajstić information content (AvgIpc) is 2.72. The maximum absolute atomic E-state index is 12.9. The predicted molar refractivity (Wildman–Crippen MR) is 124 cm³/mol. The summed E-state index contributed by atoms with van der Waals surface area (Å²) in [5, 5.41) is 3.72. The van der Waals surface area contributed by atoms with Gasteiger partial charge < -0.3 is 10.1 Å². The minimum atomic E-state index is -3.93. The van der Waals surface area contributed by atoms with Gasteiger partial charge in [-0.1, -0.05) is 23.2 Å². The van der Waals surface area contributed by atoms with Gasteiger partial charge in [0.1, 0.15) is 5.75 Å². The van der Waals surface area contributed by atoms with Crippen LogP contribution in [0.15, 0.2) is 65.6 Å². The zero-order valence-corrected chi connectivity index (χ0v) is 19.1. The Hall–Kier alpha value is -2.74. The Labute approximate surface area is 191 Å². The molecule has 3 aromatic rings. The maximum atomic E-state index is 12.9. The number of aryl methyl sites for hydroxylation is 1. The number of hydrogen-bond donors (Lipinski definition) is 2. The summed E-state index contributed by atoms with van der Waals surface area (Å²) in [5.74, 6) is -0.0693. The van der Waals surface area contributed by atoms with E-state index in [0.717, 1.165) is 0 Å². The average molecular weight is 479 g/mol. The Kier molecular flexibility index (Phi) is 7.10. The van der Waals surface area contributed by atoms with Crippen LogP contribution in [-0.4, -0.2) is 20.9 Å². The molecule has 6 nitrogen and oxygen atoms in total. The third-order valence-corrected chi connectivity index (χ3v) is 6.20. The highest BCUT2D eigenvalue weighted by atomic mass is 35.5. The normalized spacial score (nSPS) is 11.1. The first-order valence-corrected chi connectivity index (χ1v) is 11.6. The summed E-state index contributed by atoms with van der Waals surface area (Å²) in [6, 6.07) is 15.5. The van der Waals surface area contributed by atoms with Crippen molar-refractivity contribution in [2.24, 2.45) is 0 Å². The second kappa shape index (κ2) is 9.60. The molecule has 31 heavy (non-hydrogen) atoms. The number of amides is 1. The lowest BCUT2D eigenvalue weighted by Gasteiger charge is -2.15. The Morgan fingerprint density at radius 1 is 0.935 bits per heavy atom. The van der Waals surface area contributed by atoms with Gasteiger partial charge in [0.25, 0.3) is 15.9 Å². The van der Waals surface area contributed by atoms with Crippen molar-refractivity contribution in [1.29, 1.82) is 0 Å². The molecular formula is C22H20Cl2N2O4S. The maximum Gasteiger partial charge on any atom is 0.261 e. The molecule has 0 aliphatic heterocycles. The molecule has 0 radical (unpaired) electrons. The Bertz CT molecular complexity index is 1210. The highest BCUT2D eigenvalue weighted by molar-refractivity contribution is 7.92. The van der Waals surface area contributed by atoms with E-state index in [2.05, 4.69) is 10.0 Å². The molecule has 0 heterocycles. The molecule has 3 aromatic carbocycles. The zero-order valence-electron chi connectivity index (χ0n) is 16.8. The fourth-order valence-electron chi connectivity index (χ4n) is 2.80. The summed E-state index contributed by atoms with van der Waals surface area (Å²) >= 11 is 11.8. The fraction of sp³-hybridized carbons (Fsp3) is 0.136. The van der Waals surface area contributed by atoms with Gasteiger partial charge in [0.15, 0.2) is 0 Å². The smallest absolute Gasteiger partial charge is 0.261 e. The van der Waals surface area contributed by atoms with Crippen LogP contribution in [0.2, 0.25) is 10.0 Å². The second-order valence-corrected chi connectivity index (χ2v) is 9.17. The van der Waals surface area contributed by atoms with E-state index < -0.39 is 15.9 Å². The van der Waals surface area contributed by atoms with Crippen LogP contribution in [0.4, 0.5) is 11.4 Å². The number of halogens is 2. The summed E-state index contributed by atoms with van der Waals surface area (Å²) in [7, 11) is -3.93. The Morgan fingerprint density at radius 3 is 2.26 bits per heavy atom. The van der Waals surface area contributed by atoms with E-state index in [1.165, 1.54) is 18.2 Å². The monoisotopic (exact) mass is 478 g/mol. The van der Waals surface area contributed by atoms with Gasteiger partial charge in [-0.25, -0.2) is 8.42 Å². The SMILES string of the molecule is CCOc1ccc(S(=O)(=O)Nc2ccc(Cl)cc2C)cc1NC(=O)c1ccc(Cl)cc1. The largest absolute Gasteiger partial charge is 0.492 e. The molecule has 0 unspecified atom stereocenters. The summed E-state index contributed by atoms with van der Waals surface area (Å²) in [4.78, 5) is 12.6. The summed E-state index contributed by atoms with van der Waals surface area (Å²) in [6.45, 7) is 3.89. The quantitative estimate of drug-likeness (QED) is 0.452. The number of ether oxygens (including phenoxy) is 1. The van der Waals surface area contributed by atoms with Gasteiger partial charge in [0.05, 0.1) is 22.9 Å². The van der Waals surface area contributed by atoms with E-state index in [4.69, 9.17) is 27.9 Å². The number of nitrogens with one attached hydrogen (secondary N) is 2. The van der Waals surface area contributed by atoms with Gasteiger partial charge >= 0.3 is 0 Å². The number of rotatable bonds is 7. The van der Waals surface area contributed by atoms with E-state index in [1.807, 2.05) is 0 Å². The molecule has 3 rings (SSSR count). The summed E-state index contributed by atoms with van der Waals surface area (Å²) < 4.78 is 34.0. The minimum absolute atomic E-state index is 0.0308. The first kappa shape index (κ1) is 22.9. The van der Waals surface area contributed by atoms with Crippen molar-refractivity contribution in [2.75, 3.05) is 16.6 Å². The van der Waals surface area contributed by atoms with Gasteiger partial charge in [0, 0.05) is 15.6 Å². The molecule has 0 saturated carbocycles. The molecule has 0 atom stereocenters. The van der Waals surface area contributed by atoms with Crippen LogP contribution in [0, 0.1) is 6.92 Å². The van der Waals surface area contributed by atoms with E-state index in [1.54, 1.807) is 56.3 Å². The van der Waals surface area contributed by atoms with Crippen LogP contribution in [0.1, 0.15) is 22.8 Å². The lowest BCUT2D eigenvalue weighted by Crippen LogP contribution is -2.16. The second-order valence-electron chi connectivity index (χ2n) is 6.62. The molecule has 0 aliphatic rings. The van der Waals surface area contributed by atoms with Crippen molar-refractivity contribution in [3.63, 3.8) is 0 Å². The highest BCUT2D eigenvalue weighted by Crippen LogP contribution is 2.30. The van der Waals surface area contributed by atoms with Crippen LogP contribution in [0.3, 0.4) is 0 Å². The minimum Gasteiger partial charge on any atom is -0.492 e. The van der Waals surface area contributed by atoms with E-state index in [-0.39, 0.29) is 10.6 Å². The molecule has 0 spiro atoms. The zero-order chi connectivity index (χ0) is 22.6. The Morgan fingerprint density at radius 2 is 1.61 bits per heavy atom. The van der Waals surface area contributed by atoms with Gasteiger partial charge in [-0.3, -0.25) is 9.52 Å². The van der Waals surface area contributed by atoms with Gasteiger partial charge in [0.2, 0.25) is 0 Å². The molecule has 0 bridgehead atoms. The number of carbonyl (C=O) groups is 1. The third kappa shape index (κ3) is 5.70. The van der Waals surface area contributed by atoms with Crippen LogP contribution in [0.25, 0.3) is 0 Å². The van der Waals surface area contributed by atoms with Gasteiger partial charge in [-0.15, -0.1) is 0 Å². The Balaban J connectivity index is 1.92. The molecule has 0 saturated heterocycles. The molecule has 9 heteroatoms. The first-order valence-electron chi connectivity index (χ1n) is 9.32. The number of hydrogen-bond acceptors (Lipinski definition) is 4. The van der Waals surface area contributed by atoms with Crippen LogP contribution in [0.5, 0.6) is 5.75 Å². The lowest BCUT2D eigenvalue weighted by molar-refractivity contribution is 0.102. The molecule has 0 aliphatic carbocycles. The van der Waals surface area contributed by atoms with Crippen LogP contribution in [-0.2, 0) is 10.0 Å². The van der Waals surface area contributed by atoms with Crippen molar-refractivity contribution >= 4 is 50.5 Å². The topological polar surface area (TPSA) is 84.5 Å². The van der Waals surface area contributed by atoms with Crippen molar-refractivity contribution in [1.82, 2.24) is 0 Å². The van der Waals surface area contributed by atoms with Crippen molar-refractivity contribution in [2.45, 2.75) is 18.7 Å². The fourth-order valence-corrected chi connectivity index (χ4v) is 4.31. The van der Waals surface area contributed by atoms with E-state index >= 15 is 0 Å². The molecule has 0 aromatic heterocycles. The van der Waals surface area contributed by atoms with Crippen molar-refractivity contribution in [3.05, 3.63) is 81.8 Å². The third-order valence-electron chi connectivity index (χ3n) is 4.35. The van der Waals surface area contributed by atoms with Crippen LogP contribution >= 0.6 is 23.2 Å². The number of sulfonamides is 1. The lowest BCUT2D eigenvalue weighted by atomic mass is 10.2. The number of benzene rings is 3. The van der Waals surface area contributed by atoms with Crippen LogP contribution < -0.4 is 14.8 Å². The number of carbonyl (C=O) groups excluding carboxylic acids is 1. The molecule has 1 amide bonds. The van der Waals surface area contributed by atoms with Gasteiger partial charge in [-0.05, 0) is 80.1 Å². The number of anilines is 2. The molecule has 2 N–H and O–H groups in total. The molecular weight excluding hydrogens is 459 g/mol. The van der Waals surface area contributed by atoms with E-state index in [0.29, 0.717) is 39.2 Å². The standard InChI is InChI=1S/C22H20Cl2N2O4S/c1-3-30-21-11-9-18(31(28,29)26-19-10-8-17(24)12-14(19)2)13-20(21)25-22(27)15-4-6-16(23)7-5-15/h4-13,26H,3H2,1-2H3,(H,25,27). The highest BCUT2D eigenvalue weighted by Gasteiger charge is 2.19. The molecule has 0 fully saturated rings. The van der Waals surface area contributed by atoms with Crippen molar-refractivity contribution < 1.29 is 17.9 Å². The predicted octanol–water partition coefficient (Wildman–Crippen LogP) is 5.75. The van der Waals surface area contributed by atoms with Crippen molar-refractivity contribution in [3.8, 4) is 5.75 Å². The summed E-state index contributed by atoms with van der Waals surface area (Å²) in [5.41, 5.74) is 1.69.